The smallest absolute Gasteiger partial charge is 0.271 e. The molecule has 1 saturated heterocycles. The van der Waals surface area contributed by atoms with Gasteiger partial charge in [0.05, 0.1) is 13.2 Å². The average Bonchev–Trinajstić information content (AvgIpc) is 3.32. The van der Waals surface area contributed by atoms with Crippen molar-refractivity contribution in [2.24, 2.45) is 5.16 Å². The van der Waals surface area contributed by atoms with Gasteiger partial charge in [0, 0.05) is 68.1 Å². The Morgan fingerprint density at radius 2 is 1.68 bits per heavy atom. The predicted octanol–water partition coefficient (Wildman–Crippen LogP) is 5.53. The molecule has 5 rings (SSSR count). The van der Waals surface area contributed by atoms with Gasteiger partial charge in [-0.3, -0.25) is 14.5 Å². The predicted molar refractivity (Wildman–Crippen MR) is 152 cm³/mol. The molecule has 1 fully saturated rings. The second-order valence-corrected chi connectivity index (χ2v) is 11.0. The lowest BCUT2D eigenvalue weighted by Crippen LogP contribution is -2.38. The molecule has 0 unspecified atom stereocenters. The number of carbonyl (C=O) groups excluding carboxylic acids is 2. The molecule has 0 aromatic heterocycles. The summed E-state index contributed by atoms with van der Waals surface area (Å²) in [4.78, 5) is 34.7. The van der Waals surface area contributed by atoms with Gasteiger partial charge in [0.15, 0.2) is 11.6 Å². The lowest BCUT2D eigenvalue weighted by molar-refractivity contribution is -0.129. The van der Waals surface area contributed by atoms with E-state index >= 15 is 0 Å². The van der Waals surface area contributed by atoms with Crippen LogP contribution in [0.25, 0.3) is 0 Å². The second-order valence-electron chi connectivity index (χ2n) is 11.0. The number of hydrogen-bond donors (Lipinski definition) is 0. The Morgan fingerprint density at radius 1 is 0.975 bits per heavy atom. The summed E-state index contributed by atoms with van der Waals surface area (Å²) < 4.78 is 17.1. The summed E-state index contributed by atoms with van der Waals surface area (Å²) in [6.45, 7) is 10.3. The van der Waals surface area contributed by atoms with Gasteiger partial charge in [0.1, 0.15) is 12.4 Å². The first-order valence-electron chi connectivity index (χ1n) is 14.2. The van der Waals surface area contributed by atoms with Crippen LogP contribution in [-0.2, 0) is 14.3 Å². The molecule has 0 saturated carbocycles. The van der Waals surface area contributed by atoms with E-state index in [0.29, 0.717) is 47.6 Å². The fourth-order valence-corrected chi connectivity index (χ4v) is 5.53. The van der Waals surface area contributed by atoms with E-state index < -0.39 is 5.79 Å². The van der Waals surface area contributed by atoms with Crippen LogP contribution in [0.15, 0.2) is 64.8 Å². The van der Waals surface area contributed by atoms with Crippen LogP contribution in [0, 0.1) is 0 Å². The van der Waals surface area contributed by atoms with Crippen molar-refractivity contribution in [1.29, 1.82) is 0 Å². The number of morpholine rings is 1. The van der Waals surface area contributed by atoms with Crippen molar-refractivity contribution in [3.05, 3.63) is 76.4 Å². The Hall–Kier alpha value is -3.49. The number of fused-ring (bicyclic) bond motifs is 1. The number of oxime groups is 1. The molecule has 2 aliphatic heterocycles. The minimum Gasteiger partial charge on any atom is -0.492 e. The van der Waals surface area contributed by atoms with Crippen LogP contribution in [0.1, 0.15) is 78.7 Å². The average molecular weight is 547 g/mol. The van der Waals surface area contributed by atoms with Gasteiger partial charge in [0.2, 0.25) is 5.90 Å². The first-order chi connectivity index (χ1) is 19.3. The van der Waals surface area contributed by atoms with Crippen molar-refractivity contribution in [3.8, 4) is 5.75 Å². The number of nitrogens with zero attached hydrogens (tertiary/aromatic N) is 2. The SMILES string of the molecule is CC1=C([C@H](CCCCC2=NOC(C)(C)O2)c2ccc(OCCN3CCOCC3)cc2)C(=O)c2ccccc2C1=O. The Balaban J connectivity index is 1.30. The van der Waals surface area contributed by atoms with Crippen LogP contribution >= 0.6 is 0 Å². The summed E-state index contributed by atoms with van der Waals surface area (Å²) in [5.41, 5.74) is 3.07. The number of hydrogen-bond acceptors (Lipinski definition) is 8. The molecule has 212 valence electrons. The maximum Gasteiger partial charge on any atom is 0.271 e. The molecule has 0 N–H and O–H groups in total. The van der Waals surface area contributed by atoms with Crippen LogP contribution in [0.2, 0.25) is 0 Å². The molecule has 2 aromatic rings. The maximum atomic E-state index is 13.8. The summed E-state index contributed by atoms with van der Waals surface area (Å²) in [5, 5.41) is 4.04. The Morgan fingerprint density at radius 3 is 2.35 bits per heavy atom. The maximum absolute atomic E-state index is 13.8. The molecule has 0 spiro atoms. The molecule has 2 aromatic carbocycles. The third kappa shape index (κ3) is 6.45. The molecule has 0 bridgehead atoms. The Bertz CT molecular complexity index is 1290. The first-order valence-corrected chi connectivity index (χ1v) is 14.2. The van der Waals surface area contributed by atoms with E-state index in [2.05, 4.69) is 10.1 Å². The number of Topliss-reactive ketones (excluding diaryl/α,β-unsaturated/α-hetero) is 2. The number of rotatable bonds is 11. The number of benzene rings is 2. The summed E-state index contributed by atoms with van der Waals surface area (Å²) >= 11 is 0. The molecule has 8 nitrogen and oxygen atoms in total. The monoisotopic (exact) mass is 546 g/mol. The highest BCUT2D eigenvalue weighted by Gasteiger charge is 2.35. The lowest BCUT2D eigenvalue weighted by atomic mass is 9.75. The summed E-state index contributed by atoms with van der Waals surface area (Å²) in [6, 6.07) is 15.1. The molecule has 0 amide bonds. The van der Waals surface area contributed by atoms with E-state index in [0.717, 1.165) is 57.0 Å². The normalized spacial score (nSPS) is 19.5. The van der Waals surface area contributed by atoms with Gasteiger partial charge in [-0.1, -0.05) is 42.8 Å². The van der Waals surface area contributed by atoms with Crippen LogP contribution < -0.4 is 4.74 Å². The largest absolute Gasteiger partial charge is 0.492 e. The quantitative estimate of drug-likeness (QED) is 0.342. The van der Waals surface area contributed by atoms with Crippen LogP contribution in [0.5, 0.6) is 5.75 Å². The van der Waals surface area contributed by atoms with E-state index in [1.807, 2.05) is 44.2 Å². The number of unbranched alkanes of at least 4 members (excludes halogenated alkanes) is 1. The van der Waals surface area contributed by atoms with E-state index in [1.165, 1.54) is 0 Å². The number of allylic oxidation sites excluding steroid dienone is 2. The van der Waals surface area contributed by atoms with E-state index in [-0.39, 0.29) is 17.5 Å². The Kier molecular flexibility index (Phi) is 8.66. The highest BCUT2D eigenvalue weighted by molar-refractivity contribution is 6.27. The van der Waals surface area contributed by atoms with E-state index in [9.17, 15) is 9.59 Å². The van der Waals surface area contributed by atoms with Crippen molar-refractivity contribution < 1.29 is 28.6 Å². The standard InChI is InChI=1S/C32H38N2O6/c1-22-29(31(36)27-10-5-4-9-26(27)30(22)35)25(8-6-7-11-28-33-40-32(2,3)39-28)23-12-14-24(15-13-23)38-21-18-34-16-19-37-20-17-34/h4-5,9-10,12-15,25H,6-8,11,16-21H2,1-3H3/t25-/m1/s1. The minimum absolute atomic E-state index is 0.0674. The highest BCUT2D eigenvalue weighted by Crippen LogP contribution is 2.39. The Labute approximate surface area is 235 Å². The van der Waals surface area contributed by atoms with Crippen molar-refractivity contribution in [3.63, 3.8) is 0 Å². The molecular formula is C32H38N2O6. The molecule has 2 heterocycles. The zero-order valence-electron chi connectivity index (χ0n) is 23.6. The minimum atomic E-state index is -0.728. The number of ether oxygens (including phenoxy) is 3. The topological polar surface area (TPSA) is 86.7 Å². The van der Waals surface area contributed by atoms with Gasteiger partial charge in [0.25, 0.3) is 5.79 Å². The summed E-state index contributed by atoms with van der Waals surface area (Å²) in [7, 11) is 0. The van der Waals surface area contributed by atoms with Crippen molar-refractivity contribution in [2.75, 3.05) is 39.5 Å². The molecule has 3 aliphatic rings. The lowest BCUT2D eigenvalue weighted by Gasteiger charge is -2.27. The molecule has 8 heteroatoms. The molecule has 1 atom stereocenters. The van der Waals surface area contributed by atoms with Crippen LogP contribution in [-0.4, -0.2) is 67.6 Å². The first kappa shape index (κ1) is 28.1. The molecule has 1 aliphatic carbocycles. The van der Waals surface area contributed by atoms with Crippen LogP contribution in [0.3, 0.4) is 0 Å². The summed E-state index contributed by atoms with van der Waals surface area (Å²) in [5.74, 6) is 0.291. The molecule has 40 heavy (non-hydrogen) atoms. The van der Waals surface area contributed by atoms with E-state index in [4.69, 9.17) is 19.0 Å². The van der Waals surface area contributed by atoms with Crippen molar-refractivity contribution in [2.45, 2.75) is 58.2 Å². The van der Waals surface area contributed by atoms with Crippen LogP contribution in [0.4, 0.5) is 0 Å². The zero-order chi connectivity index (χ0) is 28.1. The van der Waals surface area contributed by atoms with Gasteiger partial charge >= 0.3 is 0 Å². The fraction of sp³-hybridized carbons (Fsp3) is 0.469. The zero-order valence-corrected chi connectivity index (χ0v) is 23.6. The van der Waals surface area contributed by atoms with Gasteiger partial charge in [-0.15, -0.1) is 0 Å². The molecule has 0 radical (unpaired) electrons. The second kappa shape index (κ2) is 12.4. The van der Waals surface area contributed by atoms with E-state index in [1.54, 1.807) is 25.1 Å². The van der Waals surface area contributed by atoms with Crippen molar-refractivity contribution in [1.82, 2.24) is 4.90 Å². The van der Waals surface area contributed by atoms with Gasteiger partial charge < -0.3 is 19.0 Å². The molecular weight excluding hydrogens is 508 g/mol. The van der Waals surface area contributed by atoms with Gasteiger partial charge in [-0.2, -0.15) is 0 Å². The van der Waals surface area contributed by atoms with Gasteiger partial charge in [-0.05, 0) is 42.6 Å². The number of carbonyl (C=O) groups is 2. The highest BCUT2D eigenvalue weighted by atomic mass is 16.8. The third-order valence-electron chi connectivity index (χ3n) is 7.68. The number of ketones is 2. The van der Waals surface area contributed by atoms with Crippen molar-refractivity contribution >= 4 is 17.5 Å². The third-order valence-corrected chi connectivity index (χ3v) is 7.68. The summed E-state index contributed by atoms with van der Waals surface area (Å²) in [6.07, 6.45) is 3.01. The fourth-order valence-electron chi connectivity index (χ4n) is 5.53. The van der Waals surface area contributed by atoms with Gasteiger partial charge in [-0.25, -0.2) is 0 Å².